The molecule has 0 saturated heterocycles. The Hall–Kier alpha value is -1.51. The molecule has 0 aliphatic heterocycles. The summed E-state index contributed by atoms with van der Waals surface area (Å²) in [5, 5.41) is 9.29. The van der Waals surface area contributed by atoms with Crippen molar-refractivity contribution in [2.75, 3.05) is 7.11 Å². The lowest BCUT2D eigenvalue weighted by Gasteiger charge is -2.16. The third kappa shape index (κ3) is 2.21. The van der Waals surface area contributed by atoms with Gasteiger partial charge in [0.25, 0.3) is 0 Å². The van der Waals surface area contributed by atoms with Crippen LogP contribution in [0.1, 0.15) is 6.42 Å². The van der Waals surface area contributed by atoms with Crippen LogP contribution in [-0.2, 0) is 9.53 Å². The number of esters is 1. The lowest BCUT2D eigenvalue weighted by molar-refractivity contribution is -0.141. The number of carbonyl (C=O) groups is 1. The lowest BCUT2D eigenvalue weighted by Crippen LogP contribution is -2.12. The van der Waals surface area contributed by atoms with E-state index in [4.69, 9.17) is 0 Å². The zero-order valence-corrected chi connectivity index (χ0v) is 7.49. The number of methoxy groups -OCH3 is 1. The second-order valence-electron chi connectivity index (χ2n) is 2.85. The first-order valence-corrected chi connectivity index (χ1v) is 3.98. The molecule has 3 heteroatoms. The Labute approximate surface area is 77.0 Å². The van der Waals surface area contributed by atoms with E-state index >= 15 is 0 Å². The molecule has 0 spiro atoms. The minimum absolute atomic E-state index is 0.136. The molecule has 13 heavy (non-hydrogen) atoms. The van der Waals surface area contributed by atoms with Crippen molar-refractivity contribution in [1.29, 1.82) is 0 Å². The fourth-order valence-electron chi connectivity index (χ4n) is 1.15. The number of rotatable bonds is 2. The molecule has 0 radical (unpaired) electrons. The molecule has 1 aliphatic carbocycles. The number of hydrogen-bond donors (Lipinski definition) is 1. The van der Waals surface area contributed by atoms with Crippen LogP contribution >= 0.6 is 0 Å². The summed E-state index contributed by atoms with van der Waals surface area (Å²) in [4.78, 5) is 10.9. The van der Waals surface area contributed by atoms with Crippen molar-refractivity contribution in [3.05, 3.63) is 36.1 Å². The van der Waals surface area contributed by atoms with Crippen LogP contribution < -0.4 is 0 Å². The molecule has 70 valence electrons. The quantitative estimate of drug-likeness (QED) is 0.658. The van der Waals surface area contributed by atoms with Crippen molar-refractivity contribution in [3.63, 3.8) is 0 Å². The highest BCUT2D eigenvalue weighted by atomic mass is 16.5. The zero-order valence-electron chi connectivity index (χ0n) is 7.49. The Bertz CT molecular complexity index is 287. The molecular formula is C10H12O3. The summed E-state index contributed by atoms with van der Waals surface area (Å²) in [6, 6.07) is 0. The number of carbonyl (C=O) groups excluding carboxylic acids is 1. The van der Waals surface area contributed by atoms with Gasteiger partial charge >= 0.3 is 5.97 Å². The standard InChI is InChI=1S/C10H12O3/c1-7-8(6-10(12)13-2)4-3-5-9(7)11/h3-5,8,11H,1,6H2,2H3. The minimum Gasteiger partial charge on any atom is -0.508 e. The predicted octanol–water partition coefficient (Wildman–Crippen LogP) is 1.73. The average molecular weight is 180 g/mol. The van der Waals surface area contributed by atoms with Crippen LogP contribution in [0.25, 0.3) is 0 Å². The van der Waals surface area contributed by atoms with E-state index in [-0.39, 0.29) is 24.1 Å². The normalized spacial score (nSPS) is 21.2. The van der Waals surface area contributed by atoms with Gasteiger partial charge in [0.2, 0.25) is 0 Å². The van der Waals surface area contributed by atoms with Crippen LogP contribution in [-0.4, -0.2) is 18.2 Å². The molecule has 0 bridgehead atoms. The van der Waals surface area contributed by atoms with Crippen molar-refractivity contribution in [2.45, 2.75) is 6.42 Å². The van der Waals surface area contributed by atoms with Gasteiger partial charge in [0.05, 0.1) is 13.5 Å². The molecule has 3 nitrogen and oxygen atoms in total. The molecule has 1 N–H and O–H groups in total. The van der Waals surface area contributed by atoms with Crippen molar-refractivity contribution < 1.29 is 14.6 Å². The average Bonchev–Trinajstić information content (AvgIpc) is 2.13. The summed E-state index contributed by atoms with van der Waals surface area (Å²) in [7, 11) is 1.34. The number of hydrogen-bond acceptors (Lipinski definition) is 3. The van der Waals surface area contributed by atoms with E-state index in [1.807, 2.05) is 6.08 Å². The third-order valence-electron chi connectivity index (χ3n) is 1.99. The molecule has 0 aromatic heterocycles. The molecule has 0 aromatic carbocycles. The molecule has 0 heterocycles. The van der Waals surface area contributed by atoms with Crippen molar-refractivity contribution in [3.8, 4) is 0 Å². The Morgan fingerprint density at radius 1 is 1.77 bits per heavy atom. The van der Waals surface area contributed by atoms with Crippen molar-refractivity contribution in [1.82, 2.24) is 0 Å². The maximum Gasteiger partial charge on any atom is 0.306 e. The molecule has 1 unspecified atom stereocenters. The van der Waals surface area contributed by atoms with Gasteiger partial charge in [-0.25, -0.2) is 0 Å². The number of ether oxygens (including phenoxy) is 1. The summed E-state index contributed by atoms with van der Waals surface area (Å²) in [5.41, 5.74) is 0.563. The Kier molecular flexibility index (Phi) is 2.90. The Balaban J connectivity index is 2.63. The first-order valence-electron chi connectivity index (χ1n) is 3.98. The maximum absolute atomic E-state index is 10.9. The molecule has 0 aromatic rings. The van der Waals surface area contributed by atoms with Gasteiger partial charge in [0, 0.05) is 5.92 Å². The van der Waals surface area contributed by atoms with Crippen LogP contribution in [0.2, 0.25) is 0 Å². The first-order chi connectivity index (χ1) is 6.15. The van der Waals surface area contributed by atoms with Gasteiger partial charge in [-0.15, -0.1) is 0 Å². The molecule has 1 rings (SSSR count). The van der Waals surface area contributed by atoms with E-state index in [0.717, 1.165) is 0 Å². The molecule has 0 fully saturated rings. The lowest BCUT2D eigenvalue weighted by atomic mass is 9.91. The van der Waals surface area contributed by atoms with Crippen molar-refractivity contribution in [2.24, 2.45) is 5.92 Å². The molecule has 1 aliphatic rings. The van der Waals surface area contributed by atoms with Gasteiger partial charge in [0.15, 0.2) is 0 Å². The summed E-state index contributed by atoms with van der Waals surface area (Å²) >= 11 is 0. The Morgan fingerprint density at radius 2 is 2.46 bits per heavy atom. The largest absolute Gasteiger partial charge is 0.508 e. The summed E-state index contributed by atoms with van der Waals surface area (Å²) < 4.78 is 4.52. The zero-order chi connectivity index (χ0) is 9.84. The third-order valence-corrected chi connectivity index (χ3v) is 1.99. The summed E-state index contributed by atoms with van der Waals surface area (Å²) in [5.74, 6) is -0.306. The van der Waals surface area contributed by atoms with Gasteiger partial charge in [-0.1, -0.05) is 18.7 Å². The van der Waals surface area contributed by atoms with Gasteiger partial charge in [-0.05, 0) is 11.6 Å². The topological polar surface area (TPSA) is 46.5 Å². The van der Waals surface area contributed by atoms with E-state index in [1.54, 1.807) is 12.2 Å². The fraction of sp³-hybridized carbons (Fsp3) is 0.300. The van der Waals surface area contributed by atoms with E-state index in [2.05, 4.69) is 11.3 Å². The van der Waals surface area contributed by atoms with Gasteiger partial charge < -0.3 is 9.84 Å². The first kappa shape index (κ1) is 9.58. The number of aliphatic hydroxyl groups excluding tert-OH is 1. The van der Waals surface area contributed by atoms with Crippen LogP contribution in [0.4, 0.5) is 0 Å². The van der Waals surface area contributed by atoms with E-state index < -0.39 is 0 Å². The second kappa shape index (κ2) is 3.94. The highest BCUT2D eigenvalue weighted by molar-refractivity contribution is 5.70. The fourth-order valence-corrected chi connectivity index (χ4v) is 1.15. The second-order valence-corrected chi connectivity index (χ2v) is 2.85. The van der Waals surface area contributed by atoms with Crippen LogP contribution in [0.5, 0.6) is 0 Å². The molecule has 1 atom stereocenters. The van der Waals surface area contributed by atoms with Gasteiger partial charge in [-0.3, -0.25) is 4.79 Å². The molecule has 0 saturated carbocycles. The van der Waals surface area contributed by atoms with E-state index in [0.29, 0.717) is 5.57 Å². The van der Waals surface area contributed by atoms with E-state index in [1.165, 1.54) is 7.11 Å². The predicted molar refractivity (Wildman–Crippen MR) is 49.1 cm³/mol. The van der Waals surface area contributed by atoms with Crippen LogP contribution in [0, 0.1) is 5.92 Å². The highest BCUT2D eigenvalue weighted by Crippen LogP contribution is 2.24. The monoisotopic (exact) mass is 180 g/mol. The molecule has 0 amide bonds. The Morgan fingerprint density at radius 3 is 3.08 bits per heavy atom. The molecular weight excluding hydrogens is 168 g/mol. The smallest absolute Gasteiger partial charge is 0.306 e. The van der Waals surface area contributed by atoms with Gasteiger partial charge in [-0.2, -0.15) is 0 Å². The minimum atomic E-state index is -0.300. The highest BCUT2D eigenvalue weighted by Gasteiger charge is 2.18. The van der Waals surface area contributed by atoms with Crippen LogP contribution in [0.15, 0.2) is 36.1 Å². The maximum atomic E-state index is 10.9. The van der Waals surface area contributed by atoms with Crippen molar-refractivity contribution >= 4 is 5.97 Å². The summed E-state index contributed by atoms with van der Waals surface area (Å²) in [6.07, 6.45) is 5.30. The summed E-state index contributed by atoms with van der Waals surface area (Å²) in [6.45, 7) is 3.69. The SMILES string of the molecule is C=C1C(O)=CC=CC1CC(=O)OC. The number of aliphatic hydroxyl groups is 1. The van der Waals surface area contributed by atoms with E-state index in [9.17, 15) is 9.90 Å². The van der Waals surface area contributed by atoms with Gasteiger partial charge in [0.1, 0.15) is 5.76 Å². The number of allylic oxidation sites excluding steroid dienone is 4. The van der Waals surface area contributed by atoms with Crippen LogP contribution in [0.3, 0.4) is 0 Å².